The van der Waals surface area contributed by atoms with Crippen LogP contribution in [0.5, 0.6) is 0 Å². The Morgan fingerprint density at radius 2 is 2.35 bits per heavy atom. The second-order valence-corrected chi connectivity index (χ2v) is 4.60. The number of nitrogen functional groups attached to an aromatic ring is 1. The van der Waals surface area contributed by atoms with Gasteiger partial charge in [-0.3, -0.25) is 0 Å². The lowest BCUT2D eigenvalue weighted by Gasteiger charge is -2.30. The first-order valence-corrected chi connectivity index (χ1v) is 6.12. The average molecular weight is 230 g/mol. The van der Waals surface area contributed by atoms with Gasteiger partial charge in [0.2, 0.25) is 0 Å². The summed E-state index contributed by atoms with van der Waals surface area (Å²) in [7, 11) is 0. The Kier molecular flexibility index (Phi) is 3.19. The van der Waals surface area contributed by atoms with Gasteiger partial charge in [0.15, 0.2) is 5.82 Å². The van der Waals surface area contributed by atoms with Gasteiger partial charge < -0.3 is 10.6 Å². The molecule has 4 heteroatoms. The van der Waals surface area contributed by atoms with Crippen LogP contribution >= 0.6 is 0 Å². The molecular formula is C13H18N4. The highest BCUT2D eigenvalue weighted by atomic mass is 15.3. The van der Waals surface area contributed by atoms with E-state index in [2.05, 4.69) is 29.8 Å². The molecule has 0 saturated carbocycles. The molecule has 1 aromatic rings. The van der Waals surface area contributed by atoms with Crippen LogP contribution in [-0.4, -0.2) is 17.1 Å². The molecule has 2 unspecified atom stereocenters. The number of hydrogen-bond donors (Lipinski definition) is 1. The summed E-state index contributed by atoms with van der Waals surface area (Å²) in [6.07, 6.45) is 5.09. The predicted molar refractivity (Wildman–Crippen MR) is 68.6 cm³/mol. The highest BCUT2D eigenvalue weighted by Crippen LogP contribution is 2.34. The topological polar surface area (TPSA) is 65.9 Å². The van der Waals surface area contributed by atoms with Crippen LogP contribution < -0.4 is 10.6 Å². The van der Waals surface area contributed by atoms with Gasteiger partial charge in [0, 0.05) is 18.3 Å². The summed E-state index contributed by atoms with van der Waals surface area (Å²) in [6.45, 7) is 4.37. The molecule has 0 aliphatic carbocycles. The van der Waals surface area contributed by atoms with Crippen molar-refractivity contribution in [3.8, 4) is 6.07 Å². The first-order valence-electron chi connectivity index (χ1n) is 6.12. The number of hydrogen-bond acceptors (Lipinski definition) is 4. The zero-order valence-electron chi connectivity index (χ0n) is 10.3. The molecular weight excluding hydrogens is 212 g/mol. The number of nitrogens with two attached hydrogens (primary N) is 1. The van der Waals surface area contributed by atoms with E-state index >= 15 is 0 Å². The second-order valence-electron chi connectivity index (χ2n) is 4.60. The monoisotopic (exact) mass is 230 g/mol. The van der Waals surface area contributed by atoms with E-state index in [0.717, 1.165) is 18.7 Å². The van der Waals surface area contributed by atoms with E-state index in [1.54, 1.807) is 12.3 Å². The van der Waals surface area contributed by atoms with Gasteiger partial charge in [0.05, 0.1) is 11.3 Å². The van der Waals surface area contributed by atoms with Crippen LogP contribution in [0.2, 0.25) is 0 Å². The molecule has 0 bridgehead atoms. The SMILES string of the molecule is CCC1CCC(C)N1c1nccc(C#N)c1N. The van der Waals surface area contributed by atoms with Crippen LogP contribution in [0.3, 0.4) is 0 Å². The van der Waals surface area contributed by atoms with Crippen molar-refractivity contribution in [2.24, 2.45) is 0 Å². The summed E-state index contributed by atoms with van der Waals surface area (Å²) in [4.78, 5) is 6.64. The maximum absolute atomic E-state index is 9.00. The normalized spacial score (nSPS) is 23.7. The molecule has 90 valence electrons. The minimum Gasteiger partial charge on any atom is -0.395 e. The summed E-state index contributed by atoms with van der Waals surface area (Å²) in [5.41, 5.74) is 7.06. The first kappa shape index (κ1) is 11.7. The molecule has 2 atom stereocenters. The molecule has 0 amide bonds. The number of nitriles is 1. The highest BCUT2D eigenvalue weighted by Gasteiger charge is 2.31. The smallest absolute Gasteiger partial charge is 0.153 e. The number of aromatic nitrogens is 1. The standard InChI is InChI=1S/C13H18N4/c1-3-11-5-4-9(2)17(11)13-12(15)10(8-14)6-7-16-13/h6-7,9,11H,3-5,15H2,1-2H3. The van der Waals surface area contributed by atoms with Crippen molar-refractivity contribution in [1.82, 2.24) is 4.98 Å². The first-order chi connectivity index (χ1) is 8.19. The van der Waals surface area contributed by atoms with Gasteiger partial charge in [-0.1, -0.05) is 6.92 Å². The van der Waals surface area contributed by atoms with Crippen LogP contribution in [0.15, 0.2) is 12.3 Å². The fraction of sp³-hybridized carbons (Fsp3) is 0.538. The predicted octanol–water partition coefficient (Wildman–Crippen LogP) is 2.30. The minimum atomic E-state index is 0.448. The Balaban J connectivity index is 2.43. The van der Waals surface area contributed by atoms with Crippen molar-refractivity contribution >= 4 is 11.5 Å². The number of anilines is 2. The van der Waals surface area contributed by atoms with Crippen LogP contribution in [0.25, 0.3) is 0 Å². The molecule has 0 spiro atoms. The van der Waals surface area contributed by atoms with E-state index in [-0.39, 0.29) is 0 Å². The molecule has 2 N–H and O–H groups in total. The van der Waals surface area contributed by atoms with Crippen molar-refractivity contribution in [1.29, 1.82) is 5.26 Å². The van der Waals surface area contributed by atoms with Gasteiger partial charge in [-0.25, -0.2) is 4.98 Å². The van der Waals surface area contributed by atoms with Gasteiger partial charge in [-0.15, -0.1) is 0 Å². The molecule has 17 heavy (non-hydrogen) atoms. The van der Waals surface area contributed by atoms with E-state index in [1.165, 1.54) is 6.42 Å². The third kappa shape index (κ3) is 1.93. The lowest BCUT2D eigenvalue weighted by molar-refractivity contribution is 0.622. The highest BCUT2D eigenvalue weighted by molar-refractivity contribution is 5.70. The van der Waals surface area contributed by atoms with Gasteiger partial charge >= 0.3 is 0 Å². The Bertz CT molecular complexity index is 449. The molecule has 4 nitrogen and oxygen atoms in total. The Hall–Kier alpha value is -1.76. The number of nitrogens with zero attached hydrogens (tertiary/aromatic N) is 3. The summed E-state index contributed by atoms with van der Waals surface area (Å²) < 4.78 is 0. The molecule has 2 heterocycles. The largest absolute Gasteiger partial charge is 0.395 e. The number of rotatable bonds is 2. The minimum absolute atomic E-state index is 0.448. The van der Waals surface area contributed by atoms with E-state index < -0.39 is 0 Å². The summed E-state index contributed by atoms with van der Waals surface area (Å²) in [5.74, 6) is 0.779. The molecule has 0 aromatic carbocycles. The molecule has 1 saturated heterocycles. The summed E-state index contributed by atoms with van der Waals surface area (Å²) in [6, 6.07) is 4.72. The van der Waals surface area contributed by atoms with Crippen molar-refractivity contribution in [3.63, 3.8) is 0 Å². The molecule has 1 aliphatic rings. The third-order valence-electron chi connectivity index (χ3n) is 3.59. The van der Waals surface area contributed by atoms with E-state index in [1.807, 2.05) is 0 Å². The molecule has 1 aliphatic heterocycles. The summed E-state index contributed by atoms with van der Waals surface area (Å²) >= 11 is 0. The van der Waals surface area contributed by atoms with Gasteiger partial charge in [-0.2, -0.15) is 5.26 Å². The lowest BCUT2D eigenvalue weighted by atomic mass is 10.1. The molecule has 1 fully saturated rings. The van der Waals surface area contributed by atoms with E-state index in [9.17, 15) is 0 Å². The van der Waals surface area contributed by atoms with Gasteiger partial charge in [-0.05, 0) is 32.3 Å². The molecule has 2 rings (SSSR count). The van der Waals surface area contributed by atoms with Crippen molar-refractivity contribution in [2.45, 2.75) is 45.2 Å². The Labute approximate surface area is 102 Å². The lowest BCUT2D eigenvalue weighted by Crippen LogP contribution is -2.35. The van der Waals surface area contributed by atoms with Crippen molar-refractivity contribution in [2.75, 3.05) is 10.6 Å². The molecule has 0 radical (unpaired) electrons. The van der Waals surface area contributed by atoms with Crippen LogP contribution in [0.1, 0.15) is 38.7 Å². The van der Waals surface area contributed by atoms with E-state index in [0.29, 0.717) is 23.3 Å². The van der Waals surface area contributed by atoms with Crippen LogP contribution in [0.4, 0.5) is 11.5 Å². The molecule has 1 aromatic heterocycles. The Morgan fingerprint density at radius 1 is 1.59 bits per heavy atom. The maximum Gasteiger partial charge on any atom is 0.153 e. The Morgan fingerprint density at radius 3 is 3.00 bits per heavy atom. The number of pyridine rings is 1. The second kappa shape index (κ2) is 4.62. The fourth-order valence-corrected chi connectivity index (χ4v) is 2.62. The van der Waals surface area contributed by atoms with Crippen LogP contribution in [0, 0.1) is 11.3 Å². The maximum atomic E-state index is 9.00. The average Bonchev–Trinajstić information content (AvgIpc) is 2.71. The zero-order chi connectivity index (χ0) is 12.4. The van der Waals surface area contributed by atoms with Gasteiger partial charge in [0.1, 0.15) is 6.07 Å². The summed E-state index contributed by atoms with van der Waals surface area (Å²) in [5, 5.41) is 9.00. The van der Waals surface area contributed by atoms with E-state index in [4.69, 9.17) is 11.0 Å². The van der Waals surface area contributed by atoms with Crippen molar-refractivity contribution < 1.29 is 0 Å². The third-order valence-corrected chi connectivity index (χ3v) is 3.59. The van der Waals surface area contributed by atoms with Crippen LogP contribution in [-0.2, 0) is 0 Å². The fourth-order valence-electron chi connectivity index (χ4n) is 2.62. The quantitative estimate of drug-likeness (QED) is 0.846. The van der Waals surface area contributed by atoms with Crippen molar-refractivity contribution in [3.05, 3.63) is 17.8 Å². The van der Waals surface area contributed by atoms with Gasteiger partial charge in [0.25, 0.3) is 0 Å². The zero-order valence-corrected chi connectivity index (χ0v) is 10.3.